The van der Waals surface area contributed by atoms with E-state index in [4.69, 9.17) is 4.42 Å². The average molecular weight is 258 g/mol. The molecule has 0 bridgehead atoms. The lowest BCUT2D eigenvalue weighted by molar-refractivity contribution is 0.316. The minimum Gasteiger partial charge on any atom is -0.469 e. The van der Waals surface area contributed by atoms with Crippen LogP contribution in [0.3, 0.4) is 0 Å². The minimum absolute atomic E-state index is 0.915. The summed E-state index contributed by atoms with van der Waals surface area (Å²) >= 11 is 0. The summed E-state index contributed by atoms with van der Waals surface area (Å²) in [6.45, 7) is 4.79. The molecule has 0 saturated carbocycles. The summed E-state index contributed by atoms with van der Waals surface area (Å²) < 4.78 is 5.33. The van der Waals surface area contributed by atoms with Crippen LogP contribution in [0.15, 0.2) is 41.0 Å². The van der Waals surface area contributed by atoms with Crippen LogP contribution in [0.25, 0.3) is 0 Å². The van der Waals surface area contributed by atoms with Gasteiger partial charge >= 0.3 is 0 Å². The van der Waals surface area contributed by atoms with E-state index in [0.29, 0.717) is 0 Å². The second-order valence-corrected chi connectivity index (χ2v) is 5.02. The Morgan fingerprint density at radius 1 is 1.16 bits per heavy atom. The molecule has 1 heterocycles. The van der Waals surface area contributed by atoms with Crippen molar-refractivity contribution in [1.82, 2.24) is 10.2 Å². The van der Waals surface area contributed by atoms with Crippen molar-refractivity contribution in [1.29, 1.82) is 0 Å². The van der Waals surface area contributed by atoms with E-state index in [1.54, 1.807) is 6.26 Å². The van der Waals surface area contributed by atoms with Gasteiger partial charge in [-0.2, -0.15) is 0 Å². The number of rotatable bonds is 6. The summed E-state index contributed by atoms with van der Waals surface area (Å²) in [5.74, 6) is 1.01. The van der Waals surface area contributed by atoms with Crippen LogP contribution in [0.5, 0.6) is 0 Å². The number of furan rings is 1. The van der Waals surface area contributed by atoms with E-state index in [0.717, 1.165) is 25.4 Å². The van der Waals surface area contributed by atoms with Gasteiger partial charge in [0.1, 0.15) is 5.76 Å². The highest BCUT2D eigenvalue weighted by Gasteiger charge is 2.06. The van der Waals surface area contributed by atoms with Crippen molar-refractivity contribution in [2.75, 3.05) is 14.1 Å². The van der Waals surface area contributed by atoms with Crippen molar-refractivity contribution in [3.8, 4) is 0 Å². The SMILES string of the molecule is CNCc1cccc(CN(C)Cc2ccoc2C)c1. The average Bonchev–Trinajstić information content (AvgIpc) is 2.76. The zero-order valence-corrected chi connectivity index (χ0v) is 11.9. The number of hydrogen-bond acceptors (Lipinski definition) is 3. The third-order valence-corrected chi connectivity index (χ3v) is 3.23. The molecule has 0 spiro atoms. The van der Waals surface area contributed by atoms with E-state index >= 15 is 0 Å². The first-order chi connectivity index (χ1) is 9.19. The van der Waals surface area contributed by atoms with E-state index in [1.165, 1.54) is 16.7 Å². The van der Waals surface area contributed by atoms with Gasteiger partial charge in [-0.15, -0.1) is 0 Å². The number of nitrogens with zero attached hydrogens (tertiary/aromatic N) is 1. The second-order valence-electron chi connectivity index (χ2n) is 5.02. The molecular weight excluding hydrogens is 236 g/mol. The summed E-state index contributed by atoms with van der Waals surface area (Å²) in [5.41, 5.74) is 3.93. The molecule has 1 N–H and O–H groups in total. The summed E-state index contributed by atoms with van der Waals surface area (Å²) in [5, 5.41) is 3.18. The zero-order chi connectivity index (χ0) is 13.7. The monoisotopic (exact) mass is 258 g/mol. The molecule has 19 heavy (non-hydrogen) atoms. The fourth-order valence-corrected chi connectivity index (χ4v) is 2.28. The number of hydrogen-bond donors (Lipinski definition) is 1. The Morgan fingerprint density at radius 3 is 2.63 bits per heavy atom. The molecule has 3 heteroatoms. The lowest BCUT2D eigenvalue weighted by atomic mass is 10.1. The Hall–Kier alpha value is -1.58. The number of benzene rings is 1. The van der Waals surface area contributed by atoms with E-state index in [9.17, 15) is 0 Å². The van der Waals surface area contributed by atoms with Gasteiger partial charge in [-0.3, -0.25) is 4.90 Å². The van der Waals surface area contributed by atoms with Crippen LogP contribution in [0.1, 0.15) is 22.5 Å². The van der Waals surface area contributed by atoms with Gasteiger partial charge < -0.3 is 9.73 Å². The molecule has 2 aromatic rings. The highest BCUT2D eigenvalue weighted by atomic mass is 16.3. The van der Waals surface area contributed by atoms with E-state index in [-0.39, 0.29) is 0 Å². The standard InChI is InChI=1S/C16H22N2O/c1-13-16(7-8-19-13)12-18(3)11-15-6-4-5-14(9-15)10-17-2/h4-9,17H,10-12H2,1-3H3. The Kier molecular flexibility index (Phi) is 4.77. The summed E-state index contributed by atoms with van der Waals surface area (Å²) in [6, 6.07) is 10.8. The van der Waals surface area contributed by atoms with Crippen LogP contribution in [-0.2, 0) is 19.6 Å². The summed E-state index contributed by atoms with van der Waals surface area (Å²) in [6.07, 6.45) is 1.76. The fraction of sp³-hybridized carbons (Fsp3) is 0.375. The third-order valence-electron chi connectivity index (χ3n) is 3.23. The second kappa shape index (κ2) is 6.55. The van der Waals surface area contributed by atoms with Gasteiger partial charge in [0.25, 0.3) is 0 Å². The van der Waals surface area contributed by atoms with Crippen LogP contribution in [0, 0.1) is 6.92 Å². The molecule has 1 aromatic carbocycles. The Labute approximate surface area is 115 Å². The molecule has 0 amide bonds. The number of nitrogens with one attached hydrogen (secondary N) is 1. The fourth-order valence-electron chi connectivity index (χ4n) is 2.28. The van der Waals surface area contributed by atoms with Crippen LogP contribution < -0.4 is 5.32 Å². The first-order valence-corrected chi connectivity index (χ1v) is 6.63. The topological polar surface area (TPSA) is 28.4 Å². The Bertz CT molecular complexity index is 519. The first-order valence-electron chi connectivity index (χ1n) is 6.63. The van der Waals surface area contributed by atoms with Crippen molar-refractivity contribution < 1.29 is 4.42 Å². The Morgan fingerprint density at radius 2 is 1.95 bits per heavy atom. The maximum atomic E-state index is 5.33. The maximum absolute atomic E-state index is 5.33. The molecule has 0 aliphatic rings. The van der Waals surface area contributed by atoms with Gasteiger partial charge in [0.15, 0.2) is 0 Å². The van der Waals surface area contributed by atoms with Crippen molar-refractivity contribution in [3.05, 3.63) is 59.0 Å². The molecule has 0 fully saturated rings. The van der Waals surface area contributed by atoms with Gasteiger partial charge in [0.2, 0.25) is 0 Å². The van der Waals surface area contributed by atoms with Gasteiger partial charge in [0, 0.05) is 25.2 Å². The number of aryl methyl sites for hydroxylation is 1. The molecule has 0 saturated heterocycles. The highest BCUT2D eigenvalue weighted by Crippen LogP contribution is 2.13. The van der Waals surface area contributed by atoms with Crippen molar-refractivity contribution in [3.63, 3.8) is 0 Å². The molecule has 0 radical (unpaired) electrons. The van der Waals surface area contributed by atoms with E-state index < -0.39 is 0 Å². The molecule has 2 rings (SSSR count). The lowest BCUT2D eigenvalue weighted by Crippen LogP contribution is -2.17. The first kappa shape index (κ1) is 13.8. The van der Waals surface area contributed by atoms with Crippen LogP contribution in [0.4, 0.5) is 0 Å². The van der Waals surface area contributed by atoms with Gasteiger partial charge in [-0.1, -0.05) is 24.3 Å². The largest absolute Gasteiger partial charge is 0.469 e. The van der Waals surface area contributed by atoms with E-state index in [2.05, 4.69) is 41.5 Å². The highest BCUT2D eigenvalue weighted by molar-refractivity contribution is 5.23. The van der Waals surface area contributed by atoms with Crippen molar-refractivity contribution >= 4 is 0 Å². The smallest absolute Gasteiger partial charge is 0.105 e. The van der Waals surface area contributed by atoms with Crippen LogP contribution in [0.2, 0.25) is 0 Å². The van der Waals surface area contributed by atoms with Crippen molar-refractivity contribution in [2.24, 2.45) is 0 Å². The normalized spacial score (nSPS) is 11.2. The summed E-state index contributed by atoms with van der Waals surface area (Å²) in [4.78, 5) is 2.30. The molecule has 102 valence electrons. The molecule has 0 aliphatic heterocycles. The van der Waals surface area contributed by atoms with Gasteiger partial charge in [-0.05, 0) is 38.2 Å². The predicted octanol–water partition coefficient (Wildman–Crippen LogP) is 2.94. The molecule has 0 aliphatic carbocycles. The van der Waals surface area contributed by atoms with Crippen LogP contribution >= 0.6 is 0 Å². The van der Waals surface area contributed by atoms with Crippen molar-refractivity contribution in [2.45, 2.75) is 26.6 Å². The zero-order valence-electron chi connectivity index (χ0n) is 11.9. The van der Waals surface area contributed by atoms with Gasteiger partial charge in [0.05, 0.1) is 6.26 Å². The maximum Gasteiger partial charge on any atom is 0.105 e. The van der Waals surface area contributed by atoms with Gasteiger partial charge in [-0.25, -0.2) is 0 Å². The minimum atomic E-state index is 0.915. The Balaban J connectivity index is 1.96. The van der Waals surface area contributed by atoms with Crippen LogP contribution in [-0.4, -0.2) is 19.0 Å². The molecule has 3 nitrogen and oxygen atoms in total. The molecule has 0 atom stereocenters. The quantitative estimate of drug-likeness (QED) is 0.863. The third kappa shape index (κ3) is 3.94. The lowest BCUT2D eigenvalue weighted by Gasteiger charge is -2.16. The molecule has 0 unspecified atom stereocenters. The molecule has 1 aromatic heterocycles. The molecular formula is C16H22N2O. The predicted molar refractivity (Wildman–Crippen MR) is 77.8 cm³/mol. The van der Waals surface area contributed by atoms with E-state index in [1.807, 2.05) is 20.0 Å². The summed E-state index contributed by atoms with van der Waals surface area (Å²) in [7, 11) is 4.11.